The number of amides is 1. The van der Waals surface area contributed by atoms with E-state index in [1.807, 2.05) is 0 Å². The summed E-state index contributed by atoms with van der Waals surface area (Å²) in [7, 11) is 0. The molecule has 1 rings (SSSR count). The summed E-state index contributed by atoms with van der Waals surface area (Å²) in [6.07, 6.45) is 2.46. The normalized spacial score (nSPS) is 21.5. The van der Waals surface area contributed by atoms with E-state index in [-0.39, 0.29) is 12.0 Å². The monoisotopic (exact) mass is 217 g/mol. The summed E-state index contributed by atoms with van der Waals surface area (Å²) in [4.78, 5) is 11.3. The van der Waals surface area contributed by atoms with Crippen molar-refractivity contribution < 1.29 is 9.53 Å². The van der Waals surface area contributed by atoms with E-state index in [0.29, 0.717) is 17.5 Å². The molecule has 0 aromatic rings. The van der Waals surface area contributed by atoms with Crippen molar-refractivity contribution in [2.24, 2.45) is 0 Å². The molecule has 0 saturated carbocycles. The minimum Gasteiger partial charge on any atom is -0.376 e. The lowest BCUT2D eigenvalue weighted by atomic mass is 10.2. The number of hydrogen-bond donors (Lipinski definition) is 1. The molecule has 0 aliphatic carbocycles. The molecule has 0 bridgehead atoms. The molecule has 1 aliphatic heterocycles. The summed E-state index contributed by atoms with van der Waals surface area (Å²) in [6.45, 7) is 5.72. The van der Waals surface area contributed by atoms with Crippen molar-refractivity contribution in [1.29, 1.82) is 0 Å². The smallest absolute Gasteiger partial charge is 0.230 e. The van der Waals surface area contributed by atoms with E-state index in [1.165, 1.54) is 0 Å². The third kappa shape index (κ3) is 4.86. The van der Waals surface area contributed by atoms with E-state index in [2.05, 4.69) is 19.2 Å². The predicted molar refractivity (Wildman–Crippen MR) is 59.6 cm³/mol. The molecule has 1 N–H and O–H groups in total. The second kappa shape index (κ2) is 6.30. The van der Waals surface area contributed by atoms with Crippen LogP contribution in [0.4, 0.5) is 0 Å². The highest BCUT2D eigenvalue weighted by atomic mass is 32.2. The standard InChI is InChI=1S/C10H19NO2S/c1-8(2)14-7-10(12)11-6-9-4-3-5-13-9/h8-9H,3-7H2,1-2H3,(H,11,12)/t9-/m0/s1. The van der Waals surface area contributed by atoms with Crippen molar-refractivity contribution in [3.8, 4) is 0 Å². The largest absolute Gasteiger partial charge is 0.376 e. The third-order valence-corrected chi connectivity index (χ3v) is 3.19. The number of hydrogen-bond acceptors (Lipinski definition) is 3. The molecule has 3 nitrogen and oxygen atoms in total. The van der Waals surface area contributed by atoms with Crippen LogP contribution in [0.3, 0.4) is 0 Å². The maximum Gasteiger partial charge on any atom is 0.230 e. The summed E-state index contributed by atoms with van der Waals surface area (Å²) in [5.41, 5.74) is 0. The molecule has 0 aromatic heterocycles. The van der Waals surface area contributed by atoms with Crippen molar-refractivity contribution in [2.75, 3.05) is 18.9 Å². The lowest BCUT2D eigenvalue weighted by Crippen LogP contribution is -2.33. The summed E-state index contributed by atoms with van der Waals surface area (Å²) >= 11 is 1.67. The molecule has 1 heterocycles. The lowest BCUT2D eigenvalue weighted by Gasteiger charge is -2.11. The highest BCUT2D eigenvalue weighted by Gasteiger charge is 2.15. The number of rotatable bonds is 5. The third-order valence-electron chi connectivity index (χ3n) is 2.10. The Morgan fingerprint density at radius 2 is 2.43 bits per heavy atom. The summed E-state index contributed by atoms with van der Waals surface area (Å²) < 4.78 is 5.41. The van der Waals surface area contributed by atoms with Gasteiger partial charge in [-0.15, -0.1) is 11.8 Å². The molecule has 1 saturated heterocycles. The van der Waals surface area contributed by atoms with Crippen molar-refractivity contribution in [2.45, 2.75) is 38.0 Å². The van der Waals surface area contributed by atoms with E-state index in [1.54, 1.807) is 11.8 Å². The van der Waals surface area contributed by atoms with Gasteiger partial charge in [0.1, 0.15) is 0 Å². The van der Waals surface area contributed by atoms with Gasteiger partial charge in [0.2, 0.25) is 5.91 Å². The Morgan fingerprint density at radius 1 is 1.64 bits per heavy atom. The minimum absolute atomic E-state index is 0.124. The van der Waals surface area contributed by atoms with Crippen LogP contribution >= 0.6 is 11.8 Å². The molecule has 1 fully saturated rings. The number of ether oxygens (including phenoxy) is 1. The van der Waals surface area contributed by atoms with E-state index in [4.69, 9.17) is 4.74 Å². The first-order valence-corrected chi connectivity index (χ1v) is 6.23. The van der Waals surface area contributed by atoms with Gasteiger partial charge in [0.15, 0.2) is 0 Å². The topological polar surface area (TPSA) is 38.3 Å². The Bertz CT molecular complexity index is 179. The zero-order valence-corrected chi connectivity index (χ0v) is 9.73. The van der Waals surface area contributed by atoms with E-state index < -0.39 is 0 Å². The van der Waals surface area contributed by atoms with E-state index >= 15 is 0 Å². The molecule has 0 aromatic carbocycles. The molecule has 1 amide bonds. The summed E-state index contributed by atoms with van der Waals surface area (Å²) in [5, 5.41) is 3.41. The van der Waals surface area contributed by atoms with Crippen LogP contribution in [-0.4, -0.2) is 36.2 Å². The predicted octanol–water partition coefficient (Wildman–Crippen LogP) is 1.42. The first-order chi connectivity index (χ1) is 6.68. The van der Waals surface area contributed by atoms with Crippen molar-refractivity contribution in [3.05, 3.63) is 0 Å². The number of carbonyl (C=O) groups excluding carboxylic acids is 1. The zero-order chi connectivity index (χ0) is 10.4. The Kier molecular flexibility index (Phi) is 5.33. The molecular formula is C10H19NO2S. The second-order valence-corrected chi connectivity index (χ2v) is 5.36. The molecule has 0 spiro atoms. The van der Waals surface area contributed by atoms with Gasteiger partial charge >= 0.3 is 0 Å². The fraction of sp³-hybridized carbons (Fsp3) is 0.900. The fourth-order valence-corrected chi connectivity index (χ4v) is 1.91. The first-order valence-electron chi connectivity index (χ1n) is 5.18. The maximum atomic E-state index is 11.3. The van der Waals surface area contributed by atoms with Crippen LogP contribution < -0.4 is 5.32 Å². The molecular weight excluding hydrogens is 198 g/mol. The van der Waals surface area contributed by atoms with Gasteiger partial charge in [-0.3, -0.25) is 4.79 Å². The SMILES string of the molecule is CC(C)SCC(=O)NC[C@@H]1CCCO1. The first kappa shape index (κ1) is 11.9. The van der Waals surface area contributed by atoms with E-state index in [0.717, 1.165) is 19.4 Å². The van der Waals surface area contributed by atoms with Crippen LogP contribution in [0.5, 0.6) is 0 Å². The van der Waals surface area contributed by atoms with Crippen LogP contribution in [0, 0.1) is 0 Å². The number of carbonyl (C=O) groups is 1. The van der Waals surface area contributed by atoms with Crippen LogP contribution in [-0.2, 0) is 9.53 Å². The van der Waals surface area contributed by atoms with Crippen molar-refractivity contribution in [3.63, 3.8) is 0 Å². The molecule has 82 valence electrons. The number of thioether (sulfide) groups is 1. The van der Waals surface area contributed by atoms with Gasteiger partial charge in [-0.25, -0.2) is 0 Å². The van der Waals surface area contributed by atoms with Crippen molar-refractivity contribution >= 4 is 17.7 Å². The highest BCUT2D eigenvalue weighted by molar-refractivity contribution is 8.00. The molecule has 4 heteroatoms. The molecule has 1 atom stereocenters. The molecule has 0 unspecified atom stereocenters. The van der Waals surface area contributed by atoms with Gasteiger partial charge in [-0.05, 0) is 18.1 Å². The highest BCUT2D eigenvalue weighted by Crippen LogP contribution is 2.11. The summed E-state index contributed by atoms with van der Waals surface area (Å²) in [6, 6.07) is 0. The zero-order valence-electron chi connectivity index (χ0n) is 8.91. The fourth-order valence-electron chi connectivity index (χ4n) is 1.33. The minimum atomic E-state index is 0.124. The molecule has 0 radical (unpaired) electrons. The second-order valence-electron chi connectivity index (χ2n) is 3.80. The van der Waals surface area contributed by atoms with Crippen LogP contribution in [0.2, 0.25) is 0 Å². The average Bonchev–Trinajstić information content (AvgIpc) is 2.63. The van der Waals surface area contributed by atoms with Crippen LogP contribution in [0.25, 0.3) is 0 Å². The van der Waals surface area contributed by atoms with Crippen LogP contribution in [0.15, 0.2) is 0 Å². The van der Waals surface area contributed by atoms with Gasteiger partial charge < -0.3 is 10.1 Å². The van der Waals surface area contributed by atoms with Gasteiger partial charge in [-0.2, -0.15) is 0 Å². The molecule has 1 aliphatic rings. The average molecular weight is 217 g/mol. The number of nitrogens with one attached hydrogen (secondary N) is 1. The van der Waals surface area contributed by atoms with Crippen molar-refractivity contribution in [1.82, 2.24) is 5.32 Å². The van der Waals surface area contributed by atoms with Gasteiger partial charge in [0, 0.05) is 13.2 Å². The van der Waals surface area contributed by atoms with Gasteiger partial charge in [0.05, 0.1) is 11.9 Å². The van der Waals surface area contributed by atoms with Crippen LogP contribution in [0.1, 0.15) is 26.7 Å². The summed E-state index contributed by atoms with van der Waals surface area (Å²) in [5.74, 6) is 0.684. The molecule has 14 heavy (non-hydrogen) atoms. The van der Waals surface area contributed by atoms with E-state index in [9.17, 15) is 4.79 Å². The Balaban J connectivity index is 2.02. The quantitative estimate of drug-likeness (QED) is 0.757. The van der Waals surface area contributed by atoms with Gasteiger partial charge in [-0.1, -0.05) is 13.8 Å². The Labute approximate surface area is 90.0 Å². The Hall–Kier alpha value is -0.220. The maximum absolute atomic E-state index is 11.3. The van der Waals surface area contributed by atoms with Gasteiger partial charge in [0.25, 0.3) is 0 Å². The Morgan fingerprint density at radius 3 is 3.00 bits per heavy atom. The lowest BCUT2D eigenvalue weighted by molar-refractivity contribution is -0.119.